The van der Waals surface area contributed by atoms with Gasteiger partial charge in [-0.25, -0.2) is 0 Å². The summed E-state index contributed by atoms with van der Waals surface area (Å²) in [5.41, 5.74) is 1.47. The van der Waals surface area contributed by atoms with Gasteiger partial charge in [0.05, 0.1) is 0 Å². The lowest BCUT2D eigenvalue weighted by molar-refractivity contribution is 0.184. The fourth-order valence-corrected chi connectivity index (χ4v) is 2.95. The molecule has 1 aromatic rings. The molecule has 0 saturated carbocycles. The molecule has 0 radical (unpaired) electrons. The van der Waals surface area contributed by atoms with Crippen LogP contribution in [0.2, 0.25) is 0 Å². The van der Waals surface area contributed by atoms with E-state index in [4.69, 9.17) is 0 Å². The van der Waals surface area contributed by atoms with Crippen molar-refractivity contribution in [2.45, 2.75) is 43.3 Å². The third kappa shape index (κ3) is 4.36. The monoisotopic (exact) mass is 249 g/mol. The molecule has 2 rings (SSSR count). The smallest absolute Gasteiger partial charge is 0.0122 e. The molecule has 1 aliphatic heterocycles. The summed E-state index contributed by atoms with van der Waals surface area (Å²) in [6, 6.07) is 9.10. The highest BCUT2D eigenvalue weighted by atomic mass is 32.2. The van der Waals surface area contributed by atoms with Crippen LogP contribution in [0, 0.1) is 0 Å². The quantitative estimate of drug-likeness (QED) is 0.746. The van der Waals surface area contributed by atoms with E-state index in [9.17, 15) is 0 Å². The molecule has 1 aromatic carbocycles. The molecular weight excluding hydrogens is 226 g/mol. The largest absolute Gasteiger partial charge is 0.303 e. The Morgan fingerprint density at radius 1 is 1.12 bits per heavy atom. The Bertz CT molecular complexity index is 346. The first-order valence-corrected chi connectivity index (χ1v) is 7.35. The zero-order valence-electron chi connectivity index (χ0n) is 11.2. The maximum atomic E-state index is 2.53. The van der Waals surface area contributed by atoms with Crippen molar-refractivity contribution in [2.24, 2.45) is 0 Å². The number of nitrogens with zero attached hydrogens (tertiary/aromatic N) is 1. The van der Waals surface area contributed by atoms with E-state index in [1.165, 1.54) is 42.9 Å². The highest BCUT2D eigenvalue weighted by Gasteiger charge is 2.13. The van der Waals surface area contributed by atoms with Crippen molar-refractivity contribution in [1.82, 2.24) is 4.90 Å². The van der Waals surface area contributed by atoms with Crippen molar-refractivity contribution in [1.29, 1.82) is 0 Å². The predicted molar refractivity (Wildman–Crippen MR) is 76.8 cm³/mol. The second-order valence-electron chi connectivity index (χ2n) is 5.80. The SMILES string of the molecule is CC(C)(C)Sc1ccc(CCN2CCC2)cc1. The maximum Gasteiger partial charge on any atom is 0.0122 e. The molecule has 2 heteroatoms. The first kappa shape index (κ1) is 13.0. The van der Waals surface area contributed by atoms with Gasteiger partial charge in [0.1, 0.15) is 0 Å². The second kappa shape index (κ2) is 5.45. The summed E-state index contributed by atoms with van der Waals surface area (Å²) in [5.74, 6) is 0. The summed E-state index contributed by atoms with van der Waals surface area (Å²) in [5, 5.41) is 0. The molecule has 94 valence electrons. The minimum Gasteiger partial charge on any atom is -0.303 e. The van der Waals surface area contributed by atoms with Gasteiger partial charge in [-0.2, -0.15) is 0 Å². The summed E-state index contributed by atoms with van der Waals surface area (Å²) in [7, 11) is 0. The first-order chi connectivity index (χ1) is 8.03. The lowest BCUT2D eigenvalue weighted by Crippen LogP contribution is -2.38. The molecule has 0 bridgehead atoms. The zero-order chi connectivity index (χ0) is 12.3. The van der Waals surface area contributed by atoms with Gasteiger partial charge in [-0.15, -0.1) is 11.8 Å². The standard InChI is InChI=1S/C15H23NS/c1-15(2,3)17-14-7-5-13(6-8-14)9-12-16-10-4-11-16/h5-8H,4,9-12H2,1-3H3. The van der Waals surface area contributed by atoms with Crippen molar-refractivity contribution in [2.75, 3.05) is 19.6 Å². The number of hydrogen-bond acceptors (Lipinski definition) is 2. The van der Waals surface area contributed by atoms with Gasteiger partial charge in [-0.3, -0.25) is 0 Å². The van der Waals surface area contributed by atoms with Gasteiger partial charge in [-0.05, 0) is 43.6 Å². The van der Waals surface area contributed by atoms with Crippen LogP contribution in [0.3, 0.4) is 0 Å². The van der Waals surface area contributed by atoms with E-state index in [0.29, 0.717) is 4.75 Å². The Morgan fingerprint density at radius 2 is 1.76 bits per heavy atom. The van der Waals surface area contributed by atoms with Crippen LogP contribution in [-0.4, -0.2) is 29.3 Å². The van der Waals surface area contributed by atoms with Crippen molar-refractivity contribution >= 4 is 11.8 Å². The lowest BCUT2D eigenvalue weighted by atomic mass is 10.1. The van der Waals surface area contributed by atoms with E-state index in [2.05, 4.69) is 49.9 Å². The molecule has 0 atom stereocenters. The maximum absolute atomic E-state index is 2.53. The molecule has 0 spiro atoms. The molecule has 0 unspecified atom stereocenters. The van der Waals surface area contributed by atoms with E-state index < -0.39 is 0 Å². The van der Waals surface area contributed by atoms with Gasteiger partial charge < -0.3 is 4.90 Å². The van der Waals surface area contributed by atoms with Gasteiger partial charge in [0.2, 0.25) is 0 Å². The molecule has 1 fully saturated rings. The summed E-state index contributed by atoms with van der Waals surface area (Å²) < 4.78 is 0.305. The van der Waals surface area contributed by atoms with Gasteiger partial charge in [-0.1, -0.05) is 32.9 Å². The minimum absolute atomic E-state index is 0.305. The van der Waals surface area contributed by atoms with Crippen LogP contribution in [-0.2, 0) is 6.42 Å². The zero-order valence-corrected chi connectivity index (χ0v) is 12.0. The third-order valence-corrected chi connectivity index (χ3v) is 4.13. The lowest BCUT2D eigenvalue weighted by Gasteiger charge is -2.30. The van der Waals surface area contributed by atoms with Crippen LogP contribution in [0.1, 0.15) is 32.8 Å². The Kier molecular flexibility index (Phi) is 4.16. The molecule has 1 nitrogen and oxygen atoms in total. The Balaban J connectivity index is 1.84. The van der Waals surface area contributed by atoms with E-state index in [0.717, 1.165) is 0 Å². The van der Waals surface area contributed by atoms with Crippen LogP contribution in [0.5, 0.6) is 0 Å². The van der Waals surface area contributed by atoms with Crippen molar-refractivity contribution < 1.29 is 0 Å². The number of hydrogen-bond donors (Lipinski definition) is 0. The van der Waals surface area contributed by atoms with E-state index >= 15 is 0 Å². The van der Waals surface area contributed by atoms with Gasteiger partial charge in [0, 0.05) is 16.2 Å². The van der Waals surface area contributed by atoms with E-state index in [1.807, 2.05) is 11.8 Å². The number of likely N-dealkylation sites (tertiary alicyclic amines) is 1. The topological polar surface area (TPSA) is 3.24 Å². The van der Waals surface area contributed by atoms with E-state index in [-0.39, 0.29) is 0 Å². The fourth-order valence-electron chi connectivity index (χ4n) is 1.97. The summed E-state index contributed by atoms with van der Waals surface area (Å²) >= 11 is 1.94. The molecule has 0 N–H and O–H groups in total. The molecule has 1 saturated heterocycles. The first-order valence-electron chi connectivity index (χ1n) is 6.53. The molecular formula is C15H23NS. The molecule has 0 aromatic heterocycles. The van der Waals surface area contributed by atoms with E-state index in [1.54, 1.807) is 0 Å². The number of benzene rings is 1. The second-order valence-corrected chi connectivity index (χ2v) is 7.70. The average Bonchev–Trinajstić information content (AvgIpc) is 2.16. The van der Waals surface area contributed by atoms with Crippen molar-refractivity contribution in [3.63, 3.8) is 0 Å². The van der Waals surface area contributed by atoms with Crippen molar-refractivity contribution in [3.05, 3.63) is 29.8 Å². The van der Waals surface area contributed by atoms with Gasteiger partial charge in [0.25, 0.3) is 0 Å². The molecule has 1 heterocycles. The molecule has 0 amide bonds. The minimum atomic E-state index is 0.305. The highest BCUT2D eigenvalue weighted by molar-refractivity contribution is 8.00. The van der Waals surface area contributed by atoms with Crippen LogP contribution >= 0.6 is 11.8 Å². The average molecular weight is 249 g/mol. The van der Waals surface area contributed by atoms with Gasteiger partial charge >= 0.3 is 0 Å². The van der Waals surface area contributed by atoms with Crippen LogP contribution in [0.4, 0.5) is 0 Å². The normalized spacial score (nSPS) is 16.9. The Labute approximate surface area is 110 Å². The molecule has 17 heavy (non-hydrogen) atoms. The Hall–Kier alpha value is -0.470. The fraction of sp³-hybridized carbons (Fsp3) is 0.600. The summed E-state index contributed by atoms with van der Waals surface area (Å²) in [6.07, 6.45) is 2.58. The summed E-state index contributed by atoms with van der Waals surface area (Å²) in [6.45, 7) is 10.6. The highest BCUT2D eigenvalue weighted by Crippen LogP contribution is 2.31. The number of thioether (sulfide) groups is 1. The molecule has 0 aliphatic carbocycles. The van der Waals surface area contributed by atoms with Crippen LogP contribution < -0.4 is 0 Å². The molecule has 1 aliphatic rings. The van der Waals surface area contributed by atoms with Crippen molar-refractivity contribution in [3.8, 4) is 0 Å². The predicted octanol–water partition coefficient (Wildman–Crippen LogP) is 3.83. The summed E-state index contributed by atoms with van der Waals surface area (Å²) in [4.78, 5) is 3.91. The Morgan fingerprint density at radius 3 is 2.24 bits per heavy atom. The third-order valence-electron chi connectivity index (χ3n) is 3.01. The van der Waals surface area contributed by atoms with Crippen LogP contribution in [0.25, 0.3) is 0 Å². The van der Waals surface area contributed by atoms with Crippen LogP contribution in [0.15, 0.2) is 29.2 Å². The number of rotatable bonds is 4. The van der Waals surface area contributed by atoms with Gasteiger partial charge in [0.15, 0.2) is 0 Å².